The molecule has 0 bridgehead atoms. The average molecular weight is 346 g/mol. The van der Waals surface area contributed by atoms with Crippen molar-refractivity contribution in [2.45, 2.75) is 31.8 Å². The van der Waals surface area contributed by atoms with Crippen LogP contribution in [0, 0.1) is 0 Å². The summed E-state index contributed by atoms with van der Waals surface area (Å²) in [4.78, 5) is 28.5. The Hall–Kier alpha value is -2.08. The summed E-state index contributed by atoms with van der Waals surface area (Å²) < 4.78 is 10.5. The summed E-state index contributed by atoms with van der Waals surface area (Å²) in [6.07, 6.45) is 2.90. The molecule has 0 spiro atoms. The quantitative estimate of drug-likeness (QED) is 0.785. The van der Waals surface area contributed by atoms with Gasteiger partial charge >= 0.3 is 5.97 Å². The van der Waals surface area contributed by atoms with Gasteiger partial charge in [-0.05, 0) is 50.5 Å². The van der Waals surface area contributed by atoms with E-state index < -0.39 is 5.60 Å². The Morgan fingerprint density at radius 1 is 1.08 bits per heavy atom. The number of carbonyl (C=O) groups excluding carboxylic acids is 2. The van der Waals surface area contributed by atoms with Gasteiger partial charge in [-0.3, -0.25) is 4.79 Å². The number of carbonyl (C=O) groups is 2. The molecule has 0 unspecified atom stereocenters. The number of methoxy groups -OCH3 is 1. The second kappa shape index (κ2) is 7.44. The minimum Gasteiger partial charge on any atom is -0.465 e. The first-order chi connectivity index (χ1) is 12.0. The van der Waals surface area contributed by atoms with Crippen LogP contribution in [-0.4, -0.2) is 62.3 Å². The zero-order valence-electron chi connectivity index (χ0n) is 15.0. The SMILES string of the molecule is COC(=O)c1ccc(N2CCN(C(=O)[C@@]3(C)CCCCO3)CC2)cc1. The third-order valence-electron chi connectivity index (χ3n) is 5.14. The van der Waals surface area contributed by atoms with Crippen LogP contribution in [0.3, 0.4) is 0 Å². The highest BCUT2D eigenvalue weighted by Crippen LogP contribution is 2.27. The molecule has 1 aromatic rings. The molecule has 1 aromatic carbocycles. The number of hydrogen-bond donors (Lipinski definition) is 0. The number of ether oxygens (including phenoxy) is 2. The smallest absolute Gasteiger partial charge is 0.337 e. The van der Waals surface area contributed by atoms with Gasteiger partial charge in [0.05, 0.1) is 12.7 Å². The van der Waals surface area contributed by atoms with Gasteiger partial charge in [0, 0.05) is 38.5 Å². The van der Waals surface area contributed by atoms with Crippen LogP contribution in [0.1, 0.15) is 36.5 Å². The fourth-order valence-corrected chi connectivity index (χ4v) is 3.53. The van der Waals surface area contributed by atoms with E-state index in [1.165, 1.54) is 7.11 Å². The molecule has 25 heavy (non-hydrogen) atoms. The first-order valence-electron chi connectivity index (χ1n) is 8.90. The van der Waals surface area contributed by atoms with E-state index in [2.05, 4.69) is 4.90 Å². The van der Waals surface area contributed by atoms with E-state index in [4.69, 9.17) is 9.47 Å². The van der Waals surface area contributed by atoms with Crippen molar-refractivity contribution in [2.75, 3.05) is 44.8 Å². The van der Waals surface area contributed by atoms with Crippen LogP contribution < -0.4 is 4.90 Å². The van der Waals surface area contributed by atoms with Crippen molar-refractivity contribution >= 4 is 17.6 Å². The lowest BCUT2D eigenvalue weighted by Gasteiger charge is -2.41. The Morgan fingerprint density at radius 3 is 2.32 bits per heavy atom. The molecule has 0 radical (unpaired) electrons. The van der Waals surface area contributed by atoms with Gasteiger partial charge in [-0.25, -0.2) is 4.79 Å². The standard InChI is InChI=1S/C19H26N2O4/c1-19(9-3-4-14-25-19)18(23)21-12-10-20(11-13-21)16-7-5-15(6-8-16)17(22)24-2/h5-8H,3-4,9-14H2,1-2H3/t19-/m1/s1. The predicted molar refractivity (Wildman–Crippen MR) is 94.8 cm³/mol. The van der Waals surface area contributed by atoms with Crippen LogP contribution in [0.25, 0.3) is 0 Å². The number of nitrogens with zero attached hydrogens (tertiary/aromatic N) is 2. The van der Waals surface area contributed by atoms with E-state index in [1.807, 2.05) is 24.0 Å². The molecule has 1 amide bonds. The molecule has 6 heteroatoms. The molecular formula is C19H26N2O4. The van der Waals surface area contributed by atoms with Crippen LogP contribution in [-0.2, 0) is 14.3 Å². The number of esters is 1. The van der Waals surface area contributed by atoms with E-state index in [0.29, 0.717) is 25.3 Å². The lowest BCUT2D eigenvalue weighted by Crippen LogP contribution is -2.56. The van der Waals surface area contributed by atoms with Gasteiger partial charge in [-0.2, -0.15) is 0 Å². The van der Waals surface area contributed by atoms with E-state index in [-0.39, 0.29) is 11.9 Å². The molecule has 136 valence electrons. The maximum absolute atomic E-state index is 12.8. The normalized spacial score (nSPS) is 24.1. The summed E-state index contributed by atoms with van der Waals surface area (Å²) in [5.74, 6) is -0.212. The fourth-order valence-electron chi connectivity index (χ4n) is 3.53. The summed E-state index contributed by atoms with van der Waals surface area (Å²) in [6.45, 7) is 5.53. The molecule has 0 aliphatic carbocycles. The van der Waals surface area contributed by atoms with Crippen molar-refractivity contribution in [3.8, 4) is 0 Å². The summed E-state index contributed by atoms with van der Waals surface area (Å²) in [5.41, 5.74) is 0.949. The van der Waals surface area contributed by atoms with Crippen LogP contribution >= 0.6 is 0 Å². The molecule has 0 aromatic heterocycles. The molecule has 3 rings (SSSR count). The Labute approximate surface area is 148 Å². The van der Waals surface area contributed by atoms with E-state index >= 15 is 0 Å². The second-order valence-corrected chi connectivity index (χ2v) is 6.85. The van der Waals surface area contributed by atoms with Gasteiger partial charge < -0.3 is 19.3 Å². The number of amides is 1. The summed E-state index contributed by atoms with van der Waals surface area (Å²) >= 11 is 0. The van der Waals surface area contributed by atoms with Gasteiger partial charge in [0.1, 0.15) is 5.60 Å². The number of rotatable bonds is 3. The maximum atomic E-state index is 12.8. The molecule has 2 saturated heterocycles. The monoisotopic (exact) mass is 346 g/mol. The molecule has 6 nitrogen and oxygen atoms in total. The first-order valence-corrected chi connectivity index (χ1v) is 8.90. The predicted octanol–water partition coefficient (Wildman–Crippen LogP) is 2.08. The highest BCUT2D eigenvalue weighted by molar-refractivity contribution is 5.89. The summed E-state index contributed by atoms with van der Waals surface area (Å²) in [7, 11) is 1.38. The third-order valence-corrected chi connectivity index (χ3v) is 5.14. The maximum Gasteiger partial charge on any atom is 0.337 e. The van der Waals surface area contributed by atoms with Crippen molar-refractivity contribution in [3.63, 3.8) is 0 Å². The lowest BCUT2D eigenvalue weighted by molar-refractivity contribution is -0.162. The van der Waals surface area contributed by atoms with Crippen LogP contribution in [0.2, 0.25) is 0 Å². The Morgan fingerprint density at radius 2 is 1.76 bits per heavy atom. The topological polar surface area (TPSA) is 59.1 Å². The highest BCUT2D eigenvalue weighted by Gasteiger charge is 2.39. The van der Waals surface area contributed by atoms with Gasteiger partial charge in [0.15, 0.2) is 0 Å². The Balaban J connectivity index is 1.58. The molecule has 2 heterocycles. The van der Waals surface area contributed by atoms with Crippen LogP contribution in [0.15, 0.2) is 24.3 Å². The zero-order valence-corrected chi connectivity index (χ0v) is 15.0. The Bertz CT molecular complexity index is 615. The average Bonchev–Trinajstić information content (AvgIpc) is 2.67. The van der Waals surface area contributed by atoms with Gasteiger partial charge in [-0.1, -0.05) is 0 Å². The number of piperazine rings is 1. The minimum absolute atomic E-state index is 0.118. The summed E-state index contributed by atoms with van der Waals surface area (Å²) in [6, 6.07) is 7.40. The number of anilines is 1. The molecule has 0 saturated carbocycles. The minimum atomic E-state index is -0.650. The van der Waals surface area contributed by atoms with Crippen molar-refractivity contribution in [3.05, 3.63) is 29.8 Å². The molecule has 0 N–H and O–H groups in total. The van der Waals surface area contributed by atoms with Crippen LogP contribution in [0.5, 0.6) is 0 Å². The van der Waals surface area contributed by atoms with Crippen molar-refractivity contribution in [2.24, 2.45) is 0 Å². The molecular weight excluding hydrogens is 320 g/mol. The number of benzene rings is 1. The van der Waals surface area contributed by atoms with Crippen LogP contribution in [0.4, 0.5) is 5.69 Å². The zero-order chi connectivity index (χ0) is 17.9. The number of hydrogen-bond acceptors (Lipinski definition) is 5. The molecule has 2 aliphatic heterocycles. The van der Waals surface area contributed by atoms with E-state index in [0.717, 1.165) is 38.0 Å². The van der Waals surface area contributed by atoms with Crippen molar-refractivity contribution in [1.82, 2.24) is 4.90 Å². The largest absolute Gasteiger partial charge is 0.465 e. The Kier molecular flexibility index (Phi) is 5.27. The van der Waals surface area contributed by atoms with Gasteiger partial charge in [0.2, 0.25) is 0 Å². The van der Waals surface area contributed by atoms with E-state index in [9.17, 15) is 9.59 Å². The fraction of sp³-hybridized carbons (Fsp3) is 0.579. The molecule has 1 atom stereocenters. The molecule has 2 fully saturated rings. The highest BCUT2D eigenvalue weighted by atomic mass is 16.5. The first kappa shape index (κ1) is 17.7. The summed E-state index contributed by atoms with van der Waals surface area (Å²) in [5, 5.41) is 0. The third kappa shape index (κ3) is 3.79. The lowest BCUT2D eigenvalue weighted by atomic mass is 9.94. The van der Waals surface area contributed by atoms with E-state index in [1.54, 1.807) is 12.1 Å². The van der Waals surface area contributed by atoms with Crippen molar-refractivity contribution in [1.29, 1.82) is 0 Å². The second-order valence-electron chi connectivity index (χ2n) is 6.85. The van der Waals surface area contributed by atoms with Crippen molar-refractivity contribution < 1.29 is 19.1 Å². The van der Waals surface area contributed by atoms with Gasteiger partial charge in [0.25, 0.3) is 5.91 Å². The van der Waals surface area contributed by atoms with Gasteiger partial charge in [-0.15, -0.1) is 0 Å². The molecule has 2 aliphatic rings.